The van der Waals surface area contributed by atoms with Gasteiger partial charge in [-0.1, -0.05) is 55.2 Å². The summed E-state index contributed by atoms with van der Waals surface area (Å²) in [5, 5.41) is 6.02. The number of carbonyl (C=O) groups is 4. The molecular formula is C27H30Cl2N2O5. The third-order valence-corrected chi connectivity index (χ3v) is 7.69. The molecule has 192 valence electrons. The van der Waals surface area contributed by atoms with Crippen LogP contribution in [0.25, 0.3) is 0 Å². The van der Waals surface area contributed by atoms with E-state index in [2.05, 4.69) is 10.6 Å². The molecule has 2 amide bonds. The van der Waals surface area contributed by atoms with Gasteiger partial charge in [-0.15, -0.1) is 0 Å². The third-order valence-electron chi connectivity index (χ3n) is 7.06. The monoisotopic (exact) mass is 532 g/mol. The quantitative estimate of drug-likeness (QED) is 0.438. The summed E-state index contributed by atoms with van der Waals surface area (Å²) in [7, 11) is 1.27. The predicted octanol–water partition coefficient (Wildman–Crippen LogP) is 5.09. The molecule has 1 saturated carbocycles. The molecular weight excluding hydrogens is 503 g/mol. The Morgan fingerprint density at radius 3 is 2.19 bits per heavy atom. The first kappa shape index (κ1) is 27.7. The molecule has 1 aliphatic carbocycles. The van der Waals surface area contributed by atoms with Crippen molar-refractivity contribution in [2.24, 2.45) is 17.3 Å². The zero-order valence-corrected chi connectivity index (χ0v) is 22.2. The number of carbonyl (C=O) groups excluding carboxylic acids is 4. The summed E-state index contributed by atoms with van der Waals surface area (Å²) >= 11 is 12.2. The summed E-state index contributed by atoms with van der Waals surface area (Å²) < 4.78 is 4.89. The largest absolute Gasteiger partial charge is 0.467 e. The van der Waals surface area contributed by atoms with Gasteiger partial charge in [0.1, 0.15) is 11.8 Å². The molecule has 0 saturated heterocycles. The fourth-order valence-corrected chi connectivity index (χ4v) is 5.30. The van der Waals surface area contributed by atoms with Crippen LogP contribution < -0.4 is 10.6 Å². The molecule has 9 heteroatoms. The number of amides is 2. The maximum absolute atomic E-state index is 12.7. The Bertz CT molecular complexity index is 1140. The van der Waals surface area contributed by atoms with E-state index < -0.39 is 17.9 Å². The van der Waals surface area contributed by atoms with Gasteiger partial charge in [0.2, 0.25) is 5.91 Å². The lowest BCUT2D eigenvalue weighted by molar-refractivity contribution is -0.146. The van der Waals surface area contributed by atoms with E-state index in [-0.39, 0.29) is 57.4 Å². The van der Waals surface area contributed by atoms with Crippen LogP contribution in [0, 0.1) is 17.3 Å². The Hall–Kier alpha value is -2.90. The fourth-order valence-electron chi connectivity index (χ4n) is 4.73. The van der Waals surface area contributed by atoms with Crippen LogP contribution in [0.5, 0.6) is 0 Å². The van der Waals surface area contributed by atoms with Crippen LogP contribution in [-0.4, -0.2) is 36.7 Å². The van der Waals surface area contributed by atoms with Crippen molar-refractivity contribution in [3.63, 3.8) is 0 Å². The topological polar surface area (TPSA) is 102 Å². The Labute approximate surface area is 220 Å². The molecule has 0 aromatic heterocycles. The number of benzene rings is 2. The molecule has 2 N–H and O–H groups in total. The smallest absolute Gasteiger partial charge is 0.328 e. The van der Waals surface area contributed by atoms with Gasteiger partial charge < -0.3 is 15.4 Å². The molecule has 2 aromatic carbocycles. The van der Waals surface area contributed by atoms with Crippen molar-refractivity contribution in [3.8, 4) is 0 Å². The lowest BCUT2D eigenvalue weighted by Gasteiger charge is -2.51. The maximum atomic E-state index is 12.7. The van der Waals surface area contributed by atoms with Crippen molar-refractivity contribution in [3.05, 3.63) is 63.6 Å². The number of hydrogen-bond donors (Lipinski definition) is 2. The van der Waals surface area contributed by atoms with E-state index >= 15 is 0 Å². The van der Waals surface area contributed by atoms with Crippen LogP contribution in [0.15, 0.2) is 42.5 Å². The van der Waals surface area contributed by atoms with Gasteiger partial charge in [-0.05, 0) is 54.5 Å². The number of halogens is 2. The first-order chi connectivity index (χ1) is 16.9. The Kier molecular flexibility index (Phi) is 8.80. The number of nitrogens with one attached hydrogen (secondary N) is 2. The summed E-state index contributed by atoms with van der Waals surface area (Å²) in [4.78, 5) is 49.4. The van der Waals surface area contributed by atoms with Crippen LogP contribution in [0.3, 0.4) is 0 Å². The predicted molar refractivity (Wildman–Crippen MR) is 139 cm³/mol. The summed E-state index contributed by atoms with van der Waals surface area (Å²) in [6.07, 6.45) is 1.12. The standard InChI is InChI=1S/C27H30Cl2N2O5/c1-15(32)19-13-17(27(19,2)3)14-23(33)31-22(26(35)36-4)12-16-8-10-18(11-9-16)30-25(34)24-20(28)6-5-7-21(24)29/h5-11,17,19,22H,12-14H2,1-4H3,(H,30,34)(H,31,33)/t17-,19+,22-/m0/s1. The highest BCUT2D eigenvalue weighted by molar-refractivity contribution is 6.40. The lowest BCUT2D eigenvalue weighted by Crippen LogP contribution is -2.51. The molecule has 0 bridgehead atoms. The van der Waals surface area contributed by atoms with Gasteiger partial charge in [0.05, 0.1) is 22.7 Å². The molecule has 1 aliphatic rings. The molecule has 7 nitrogen and oxygen atoms in total. The third kappa shape index (κ3) is 6.26. The molecule has 3 atom stereocenters. The number of hydrogen-bond acceptors (Lipinski definition) is 5. The highest BCUT2D eigenvalue weighted by Gasteiger charge is 2.50. The lowest BCUT2D eigenvalue weighted by atomic mass is 9.52. The van der Waals surface area contributed by atoms with Gasteiger partial charge in [0.15, 0.2) is 0 Å². The van der Waals surface area contributed by atoms with Gasteiger partial charge in [-0.2, -0.15) is 0 Å². The second-order valence-corrected chi connectivity index (χ2v) is 10.5. The van der Waals surface area contributed by atoms with E-state index in [1.165, 1.54) is 7.11 Å². The van der Waals surface area contributed by atoms with E-state index in [1.54, 1.807) is 49.4 Å². The number of ether oxygens (including phenoxy) is 1. The van der Waals surface area contributed by atoms with Crippen molar-refractivity contribution in [2.45, 2.75) is 46.1 Å². The fraction of sp³-hybridized carbons (Fsp3) is 0.407. The molecule has 1 fully saturated rings. The zero-order chi connectivity index (χ0) is 26.6. The van der Waals surface area contributed by atoms with Crippen LogP contribution >= 0.6 is 23.2 Å². The summed E-state index contributed by atoms with van der Waals surface area (Å²) in [6.45, 7) is 5.58. The van der Waals surface area contributed by atoms with E-state index in [9.17, 15) is 19.2 Å². The van der Waals surface area contributed by atoms with E-state index in [1.807, 2.05) is 13.8 Å². The average molecular weight is 533 g/mol. The van der Waals surface area contributed by atoms with E-state index in [4.69, 9.17) is 27.9 Å². The minimum Gasteiger partial charge on any atom is -0.467 e. The summed E-state index contributed by atoms with van der Waals surface area (Å²) in [6, 6.07) is 10.8. The molecule has 0 spiro atoms. The summed E-state index contributed by atoms with van der Waals surface area (Å²) in [5.74, 6) is -1.09. The number of methoxy groups -OCH3 is 1. The van der Waals surface area contributed by atoms with Gasteiger partial charge in [0, 0.05) is 24.4 Å². The molecule has 0 unspecified atom stereocenters. The molecule has 3 rings (SSSR count). The van der Waals surface area contributed by atoms with Crippen LogP contribution in [-0.2, 0) is 25.5 Å². The van der Waals surface area contributed by atoms with E-state index in [0.717, 1.165) is 5.56 Å². The molecule has 0 heterocycles. The highest BCUT2D eigenvalue weighted by Crippen LogP contribution is 2.53. The number of rotatable bonds is 9. The molecule has 0 radical (unpaired) electrons. The first-order valence-corrected chi connectivity index (χ1v) is 12.4. The Morgan fingerprint density at radius 1 is 1.06 bits per heavy atom. The van der Waals surface area contributed by atoms with Crippen molar-refractivity contribution in [1.29, 1.82) is 0 Å². The van der Waals surface area contributed by atoms with Gasteiger partial charge in [0.25, 0.3) is 5.91 Å². The number of esters is 1. The van der Waals surface area contributed by atoms with Crippen molar-refractivity contribution < 1.29 is 23.9 Å². The Balaban J connectivity index is 1.62. The van der Waals surface area contributed by atoms with Crippen LogP contribution in [0.2, 0.25) is 10.0 Å². The minimum atomic E-state index is -0.864. The second-order valence-electron chi connectivity index (χ2n) is 9.72. The average Bonchev–Trinajstić information content (AvgIpc) is 2.81. The Morgan fingerprint density at radius 2 is 1.67 bits per heavy atom. The normalized spacial score (nSPS) is 18.9. The van der Waals surface area contributed by atoms with Crippen molar-refractivity contribution >= 4 is 52.5 Å². The molecule has 0 aliphatic heterocycles. The SMILES string of the molecule is COC(=O)[C@H](Cc1ccc(NC(=O)c2c(Cl)cccc2Cl)cc1)NC(=O)C[C@@H]1C[C@H](C(C)=O)C1(C)C. The minimum absolute atomic E-state index is 0.0420. The van der Waals surface area contributed by atoms with Crippen LogP contribution in [0.1, 0.15) is 49.5 Å². The first-order valence-electron chi connectivity index (χ1n) is 11.7. The highest BCUT2D eigenvalue weighted by atomic mass is 35.5. The van der Waals surface area contributed by atoms with Gasteiger partial charge in [-0.25, -0.2) is 4.79 Å². The zero-order valence-electron chi connectivity index (χ0n) is 20.7. The van der Waals surface area contributed by atoms with Gasteiger partial charge in [-0.3, -0.25) is 14.4 Å². The number of Topliss-reactive ketones (excluding diaryl/α,β-unsaturated/α-hetero) is 1. The summed E-state index contributed by atoms with van der Waals surface area (Å²) in [5.41, 5.74) is 1.21. The van der Waals surface area contributed by atoms with E-state index in [0.29, 0.717) is 12.1 Å². The number of ketones is 1. The van der Waals surface area contributed by atoms with Gasteiger partial charge >= 0.3 is 5.97 Å². The van der Waals surface area contributed by atoms with Crippen molar-refractivity contribution in [2.75, 3.05) is 12.4 Å². The van der Waals surface area contributed by atoms with Crippen LogP contribution in [0.4, 0.5) is 5.69 Å². The van der Waals surface area contributed by atoms with Crippen molar-refractivity contribution in [1.82, 2.24) is 5.32 Å². The number of anilines is 1. The molecule has 2 aromatic rings. The maximum Gasteiger partial charge on any atom is 0.328 e. The molecule has 36 heavy (non-hydrogen) atoms. The second kappa shape index (κ2) is 11.4.